The van der Waals surface area contributed by atoms with Gasteiger partial charge in [-0.05, 0) is 73.4 Å². The van der Waals surface area contributed by atoms with Crippen molar-refractivity contribution in [3.63, 3.8) is 0 Å². The van der Waals surface area contributed by atoms with Crippen LogP contribution in [0.25, 0.3) is 0 Å². The Labute approximate surface area is 278 Å². The molecule has 1 aliphatic rings. The van der Waals surface area contributed by atoms with Gasteiger partial charge in [0.25, 0.3) is 0 Å². The first-order valence-corrected chi connectivity index (χ1v) is 14.9. The molecule has 0 saturated carbocycles. The number of hydrogen-bond acceptors (Lipinski definition) is 7. The van der Waals surface area contributed by atoms with Gasteiger partial charge in [0.1, 0.15) is 6.61 Å². The van der Waals surface area contributed by atoms with E-state index in [0.29, 0.717) is 12.1 Å². The Balaban J connectivity index is 1.91. The van der Waals surface area contributed by atoms with Crippen LogP contribution in [-0.4, -0.2) is 46.4 Å². The number of carbonyl (C=O) groups excluding carboxylic acids is 1. The Morgan fingerprint density at radius 2 is 1.52 bits per heavy atom. The van der Waals surface area contributed by atoms with E-state index in [1.54, 1.807) is 6.92 Å². The molecule has 1 aromatic heterocycles. The number of aromatic nitrogens is 2. The van der Waals surface area contributed by atoms with Gasteiger partial charge < -0.3 is 19.5 Å². The van der Waals surface area contributed by atoms with Crippen molar-refractivity contribution in [2.45, 2.75) is 63.8 Å². The molecule has 2 atom stereocenters. The number of anilines is 2. The summed E-state index contributed by atoms with van der Waals surface area (Å²) in [5.74, 6) is -1.56. The molecule has 1 aliphatic heterocycles. The van der Waals surface area contributed by atoms with E-state index in [1.807, 2.05) is 0 Å². The van der Waals surface area contributed by atoms with E-state index >= 15 is 0 Å². The van der Waals surface area contributed by atoms with Crippen LogP contribution >= 0.6 is 0 Å². The first-order chi connectivity index (χ1) is 23.3. The molecule has 3 aromatic rings. The summed E-state index contributed by atoms with van der Waals surface area (Å²) in [7, 11) is 0. The molecule has 0 aliphatic carbocycles. The fourth-order valence-electron chi connectivity index (χ4n) is 5.44. The standard InChI is InChI=1S/C32H29F9N4O5/c1-3-22-14-26(24-13-19(30(33,34)35)7-8-25(24)45(22)29(48)49-4-2)44(28-42-15-23(16-43-28)50-9-5-6-27(46)47)17-18-10-20(31(36,37)38)12-21(11-18)32(39,40)41/h5-8,10-13,15-16,22,26H,3-4,9,14,17H2,1-2H3,(H,46,47)/b6-5+/t22-,26+/m1/s1. The van der Waals surface area contributed by atoms with Crippen molar-refractivity contribution in [1.82, 2.24) is 9.97 Å². The van der Waals surface area contributed by atoms with Gasteiger partial charge in [0.05, 0.1) is 47.4 Å². The minimum Gasteiger partial charge on any atom is -0.486 e. The summed E-state index contributed by atoms with van der Waals surface area (Å²) < 4.78 is 135. The second kappa shape index (κ2) is 14.8. The lowest BCUT2D eigenvalue weighted by Gasteiger charge is -2.44. The zero-order valence-electron chi connectivity index (χ0n) is 26.2. The van der Waals surface area contributed by atoms with Gasteiger partial charge >= 0.3 is 30.6 Å². The Bertz CT molecular complexity index is 1680. The van der Waals surface area contributed by atoms with Crippen LogP contribution in [0.2, 0.25) is 0 Å². The van der Waals surface area contributed by atoms with Crippen molar-refractivity contribution in [1.29, 1.82) is 0 Å². The molecule has 0 saturated heterocycles. The topological polar surface area (TPSA) is 105 Å². The number of hydrogen-bond donors (Lipinski definition) is 1. The zero-order valence-corrected chi connectivity index (χ0v) is 26.2. The third-order valence-corrected chi connectivity index (χ3v) is 7.62. The average Bonchev–Trinajstić information content (AvgIpc) is 3.03. The van der Waals surface area contributed by atoms with Crippen molar-refractivity contribution >= 4 is 23.7 Å². The fourth-order valence-corrected chi connectivity index (χ4v) is 5.44. The first-order valence-electron chi connectivity index (χ1n) is 14.9. The zero-order chi connectivity index (χ0) is 37.0. The van der Waals surface area contributed by atoms with Gasteiger partial charge in [0, 0.05) is 18.7 Å². The van der Waals surface area contributed by atoms with E-state index in [1.165, 1.54) is 11.8 Å². The molecule has 1 amide bonds. The molecular weight excluding hydrogens is 691 g/mol. The summed E-state index contributed by atoms with van der Waals surface area (Å²) in [5.41, 5.74) is -5.01. The highest BCUT2D eigenvalue weighted by atomic mass is 19.4. The largest absolute Gasteiger partial charge is 0.486 e. The Hall–Kier alpha value is -5.03. The van der Waals surface area contributed by atoms with Crippen molar-refractivity contribution in [2.24, 2.45) is 0 Å². The molecule has 0 spiro atoms. The third kappa shape index (κ3) is 8.95. The first kappa shape index (κ1) is 37.8. The lowest BCUT2D eigenvalue weighted by atomic mass is 9.87. The molecule has 270 valence electrons. The molecule has 0 radical (unpaired) electrons. The molecule has 0 unspecified atom stereocenters. The van der Waals surface area contributed by atoms with Crippen LogP contribution in [0.5, 0.6) is 5.75 Å². The van der Waals surface area contributed by atoms with E-state index in [-0.39, 0.29) is 55.1 Å². The van der Waals surface area contributed by atoms with Gasteiger partial charge in [-0.15, -0.1) is 0 Å². The number of alkyl halides is 9. The van der Waals surface area contributed by atoms with E-state index in [9.17, 15) is 49.1 Å². The number of benzene rings is 2. The van der Waals surface area contributed by atoms with Crippen LogP contribution < -0.4 is 14.5 Å². The smallest absolute Gasteiger partial charge is 0.416 e. The Kier molecular flexibility index (Phi) is 11.2. The molecule has 18 heteroatoms. The van der Waals surface area contributed by atoms with Crippen LogP contribution in [0.4, 0.5) is 55.9 Å². The minimum atomic E-state index is -5.18. The van der Waals surface area contributed by atoms with E-state index < -0.39 is 71.5 Å². The normalized spacial score (nSPS) is 16.7. The number of carboxylic acids is 1. The van der Waals surface area contributed by atoms with E-state index in [4.69, 9.17) is 14.6 Å². The van der Waals surface area contributed by atoms with Gasteiger partial charge in [-0.1, -0.05) is 6.92 Å². The highest BCUT2D eigenvalue weighted by molar-refractivity contribution is 5.90. The number of carboxylic acid groups (broad SMARTS) is 1. The summed E-state index contributed by atoms with van der Waals surface area (Å²) in [6.07, 6.45) is -11.9. The van der Waals surface area contributed by atoms with Gasteiger partial charge in [-0.3, -0.25) is 4.90 Å². The third-order valence-electron chi connectivity index (χ3n) is 7.62. The van der Waals surface area contributed by atoms with Crippen molar-refractivity contribution in [3.05, 3.63) is 88.8 Å². The number of rotatable bonds is 10. The minimum absolute atomic E-state index is 0.00881. The van der Waals surface area contributed by atoms with Crippen molar-refractivity contribution < 1.29 is 63.7 Å². The lowest BCUT2D eigenvalue weighted by Crippen LogP contribution is -2.48. The molecule has 50 heavy (non-hydrogen) atoms. The Morgan fingerprint density at radius 3 is 2.04 bits per heavy atom. The number of ether oxygens (including phenoxy) is 2. The highest BCUT2D eigenvalue weighted by Gasteiger charge is 2.42. The maximum atomic E-state index is 14.0. The molecule has 2 heterocycles. The molecule has 1 N–H and O–H groups in total. The summed E-state index contributed by atoms with van der Waals surface area (Å²) in [4.78, 5) is 34.4. The number of aliphatic carboxylic acids is 1. The summed E-state index contributed by atoms with van der Waals surface area (Å²) in [5, 5.41) is 8.73. The van der Waals surface area contributed by atoms with Crippen LogP contribution in [0.15, 0.2) is 60.9 Å². The van der Waals surface area contributed by atoms with Gasteiger partial charge in [-0.2, -0.15) is 39.5 Å². The molecule has 4 rings (SSSR count). The maximum absolute atomic E-state index is 14.0. The van der Waals surface area contributed by atoms with E-state index in [0.717, 1.165) is 47.6 Å². The van der Waals surface area contributed by atoms with Crippen LogP contribution in [0.3, 0.4) is 0 Å². The number of halogens is 9. The summed E-state index contributed by atoms with van der Waals surface area (Å²) in [6, 6.07) is 1.51. The van der Waals surface area contributed by atoms with Gasteiger partial charge in [-0.25, -0.2) is 19.6 Å². The average molecular weight is 721 g/mol. The predicted molar refractivity (Wildman–Crippen MR) is 159 cm³/mol. The SMILES string of the molecule is CCOC(=O)N1c2ccc(C(F)(F)F)cc2[C@@H](N(Cc2cc(C(F)(F)F)cc(C(F)(F)F)c2)c2ncc(OC/C=C/C(=O)O)cn2)C[C@H]1CC. The molecule has 9 nitrogen and oxygen atoms in total. The molecule has 0 fully saturated rings. The molecule has 2 aromatic carbocycles. The quantitative estimate of drug-likeness (QED) is 0.164. The second-order valence-electron chi connectivity index (χ2n) is 11.0. The number of fused-ring (bicyclic) bond motifs is 1. The lowest BCUT2D eigenvalue weighted by molar-refractivity contribution is -0.143. The van der Waals surface area contributed by atoms with Gasteiger partial charge in [0.2, 0.25) is 5.95 Å². The summed E-state index contributed by atoms with van der Waals surface area (Å²) in [6.45, 7) is 2.16. The summed E-state index contributed by atoms with van der Waals surface area (Å²) >= 11 is 0. The van der Waals surface area contributed by atoms with Crippen molar-refractivity contribution in [3.8, 4) is 5.75 Å². The predicted octanol–water partition coefficient (Wildman–Crippen LogP) is 8.45. The number of carbonyl (C=O) groups is 2. The fraction of sp³-hybridized carbons (Fsp3) is 0.375. The monoisotopic (exact) mass is 720 g/mol. The Morgan fingerprint density at radius 1 is 0.920 bits per heavy atom. The maximum Gasteiger partial charge on any atom is 0.416 e. The van der Waals surface area contributed by atoms with E-state index in [2.05, 4.69) is 9.97 Å². The highest BCUT2D eigenvalue weighted by Crippen LogP contribution is 2.46. The van der Waals surface area contributed by atoms with Crippen LogP contribution in [-0.2, 0) is 34.6 Å². The molecular formula is C32H29F9N4O5. The van der Waals surface area contributed by atoms with Crippen molar-refractivity contribution in [2.75, 3.05) is 23.0 Å². The van der Waals surface area contributed by atoms with Gasteiger partial charge in [0.15, 0.2) is 5.75 Å². The van der Waals surface area contributed by atoms with Crippen LogP contribution in [0, 0.1) is 0 Å². The number of nitrogens with zero attached hydrogens (tertiary/aromatic N) is 4. The molecule has 0 bridgehead atoms. The van der Waals surface area contributed by atoms with Crippen LogP contribution in [0.1, 0.15) is 60.5 Å². The number of amides is 1. The second-order valence-corrected chi connectivity index (χ2v) is 11.0.